The van der Waals surface area contributed by atoms with Crippen LogP contribution < -0.4 is 10.6 Å². The van der Waals surface area contributed by atoms with Crippen LogP contribution in [0.4, 0.5) is 0 Å². The first-order valence-corrected chi connectivity index (χ1v) is 6.88. The lowest BCUT2D eigenvalue weighted by molar-refractivity contribution is -0.192. The molecule has 0 aromatic rings. The van der Waals surface area contributed by atoms with Crippen molar-refractivity contribution >= 4 is 5.91 Å². The van der Waals surface area contributed by atoms with E-state index in [1.807, 2.05) is 41.5 Å². The molecule has 0 aliphatic rings. The molecule has 2 unspecified atom stereocenters. The van der Waals surface area contributed by atoms with Crippen LogP contribution >= 0.6 is 0 Å². The molecule has 0 spiro atoms. The molecule has 0 bridgehead atoms. The summed E-state index contributed by atoms with van der Waals surface area (Å²) in [5, 5.41) is 15.6. The Bertz CT molecular complexity index is 295. The number of likely N-dealkylation sites (N-methyl/N-ethyl adjacent to an activating group) is 1. The van der Waals surface area contributed by atoms with Crippen molar-refractivity contribution < 1.29 is 19.4 Å². The average molecular weight is 290 g/mol. The van der Waals surface area contributed by atoms with E-state index in [0.29, 0.717) is 0 Å². The van der Waals surface area contributed by atoms with Crippen molar-refractivity contribution in [3.63, 3.8) is 0 Å². The van der Waals surface area contributed by atoms with Crippen LogP contribution in [-0.4, -0.2) is 54.7 Å². The van der Waals surface area contributed by atoms with Crippen LogP contribution in [-0.2, 0) is 14.3 Å². The minimum absolute atomic E-state index is 0.175. The van der Waals surface area contributed by atoms with Crippen LogP contribution in [0, 0.1) is 0 Å². The predicted octanol–water partition coefficient (Wildman–Crippen LogP) is 0.639. The van der Waals surface area contributed by atoms with Gasteiger partial charge in [0.15, 0.2) is 6.29 Å². The summed E-state index contributed by atoms with van der Waals surface area (Å²) < 4.78 is 11.1. The monoisotopic (exact) mass is 290 g/mol. The molecule has 0 aliphatic heterocycles. The van der Waals surface area contributed by atoms with Gasteiger partial charge in [0.1, 0.15) is 6.04 Å². The molecule has 3 N–H and O–H groups in total. The zero-order valence-electron chi connectivity index (χ0n) is 13.7. The fourth-order valence-corrected chi connectivity index (χ4v) is 1.40. The molecule has 0 aromatic heterocycles. The van der Waals surface area contributed by atoms with Crippen LogP contribution in [0.3, 0.4) is 0 Å². The van der Waals surface area contributed by atoms with Crippen LogP contribution in [0.25, 0.3) is 0 Å². The van der Waals surface area contributed by atoms with Gasteiger partial charge in [0, 0.05) is 0 Å². The zero-order valence-corrected chi connectivity index (χ0v) is 13.7. The Morgan fingerprint density at radius 3 is 2.10 bits per heavy atom. The van der Waals surface area contributed by atoms with Gasteiger partial charge in [-0.2, -0.15) is 0 Å². The number of nitrogens with one attached hydrogen (secondary N) is 2. The number of ether oxygens (including phenoxy) is 2. The SMILES string of the molecule is CNCC(=O)NC(COC(C)(C)C)C(O)OC(C)(C)C. The highest BCUT2D eigenvalue weighted by Gasteiger charge is 2.28. The maximum Gasteiger partial charge on any atom is 0.234 e. The first-order valence-electron chi connectivity index (χ1n) is 6.88. The molecule has 120 valence electrons. The van der Waals surface area contributed by atoms with E-state index < -0.39 is 17.9 Å². The van der Waals surface area contributed by atoms with E-state index in [1.54, 1.807) is 7.05 Å². The molecule has 0 aromatic carbocycles. The summed E-state index contributed by atoms with van der Waals surface area (Å²) in [6.07, 6.45) is -1.13. The van der Waals surface area contributed by atoms with E-state index in [4.69, 9.17) is 9.47 Å². The summed E-state index contributed by atoms with van der Waals surface area (Å²) in [7, 11) is 1.68. The Labute approximate surface area is 122 Å². The van der Waals surface area contributed by atoms with Crippen molar-refractivity contribution in [1.82, 2.24) is 10.6 Å². The zero-order chi connectivity index (χ0) is 16.0. The largest absolute Gasteiger partial charge is 0.374 e. The van der Waals surface area contributed by atoms with Crippen molar-refractivity contribution in [1.29, 1.82) is 0 Å². The Balaban J connectivity index is 4.64. The van der Waals surface area contributed by atoms with Gasteiger partial charge in [-0.25, -0.2) is 0 Å². The number of amides is 1. The number of carbonyl (C=O) groups excluding carboxylic acids is 1. The molecule has 0 saturated heterocycles. The third kappa shape index (κ3) is 10.1. The molecule has 6 heteroatoms. The number of carbonyl (C=O) groups is 1. The topological polar surface area (TPSA) is 79.8 Å². The van der Waals surface area contributed by atoms with Crippen LogP contribution in [0.15, 0.2) is 0 Å². The number of hydrogen-bond donors (Lipinski definition) is 3. The molecule has 6 nitrogen and oxygen atoms in total. The molecule has 0 fully saturated rings. The highest BCUT2D eigenvalue weighted by atomic mass is 16.6. The standard InChI is InChI=1S/C14H30N2O4/c1-13(2,3)19-9-10(16-11(17)8-15-7)12(18)20-14(4,5)6/h10,12,15,18H,8-9H2,1-7H3,(H,16,17). The molecular weight excluding hydrogens is 260 g/mol. The smallest absolute Gasteiger partial charge is 0.234 e. The lowest BCUT2D eigenvalue weighted by Crippen LogP contribution is -2.52. The maximum absolute atomic E-state index is 11.7. The fraction of sp³-hybridized carbons (Fsp3) is 0.929. The molecule has 0 radical (unpaired) electrons. The number of hydrogen-bond acceptors (Lipinski definition) is 5. The highest BCUT2D eigenvalue weighted by molar-refractivity contribution is 5.78. The minimum Gasteiger partial charge on any atom is -0.374 e. The predicted molar refractivity (Wildman–Crippen MR) is 78.4 cm³/mol. The molecule has 1 amide bonds. The van der Waals surface area contributed by atoms with Gasteiger partial charge in [-0.05, 0) is 48.6 Å². The Hall–Kier alpha value is -0.690. The first kappa shape index (κ1) is 19.3. The van der Waals surface area contributed by atoms with E-state index >= 15 is 0 Å². The molecule has 0 aliphatic carbocycles. The number of aliphatic hydroxyl groups excluding tert-OH is 1. The second kappa shape index (κ2) is 7.93. The summed E-state index contributed by atoms with van der Waals surface area (Å²) >= 11 is 0. The third-order valence-electron chi connectivity index (χ3n) is 2.20. The van der Waals surface area contributed by atoms with Crippen molar-refractivity contribution in [3.8, 4) is 0 Å². The van der Waals surface area contributed by atoms with E-state index in [2.05, 4.69) is 10.6 Å². The van der Waals surface area contributed by atoms with Gasteiger partial charge >= 0.3 is 0 Å². The van der Waals surface area contributed by atoms with Crippen molar-refractivity contribution in [2.24, 2.45) is 0 Å². The normalized spacial score (nSPS) is 15.8. The summed E-state index contributed by atoms with van der Waals surface area (Å²) in [4.78, 5) is 11.7. The van der Waals surface area contributed by atoms with Crippen molar-refractivity contribution in [2.75, 3.05) is 20.2 Å². The summed E-state index contributed by atoms with van der Waals surface area (Å²) in [5.74, 6) is -0.216. The molecule has 2 atom stereocenters. The van der Waals surface area contributed by atoms with Gasteiger partial charge in [-0.3, -0.25) is 4.79 Å². The van der Waals surface area contributed by atoms with Crippen LogP contribution in [0.1, 0.15) is 41.5 Å². The highest BCUT2D eigenvalue weighted by Crippen LogP contribution is 2.14. The summed E-state index contributed by atoms with van der Waals surface area (Å²) in [6.45, 7) is 11.6. The Kier molecular flexibility index (Phi) is 7.65. The van der Waals surface area contributed by atoms with Gasteiger partial charge in [-0.15, -0.1) is 0 Å². The summed E-state index contributed by atoms with van der Waals surface area (Å²) in [5.41, 5.74) is -0.861. The first-order chi connectivity index (χ1) is 8.94. The third-order valence-corrected chi connectivity index (χ3v) is 2.20. The molecule has 0 rings (SSSR count). The molecule has 20 heavy (non-hydrogen) atoms. The van der Waals surface area contributed by atoms with E-state index in [9.17, 15) is 9.90 Å². The van der Waals surface area contributed by atoms with Gasteiger partial charge in [-0.1, -0.05) is 0 Å². The Morgan fingerprint density at radius 2 is 1.70 bits per heavy atom. The van der Waals surface area contributed by atoms with Crippen molar-refractivity contribution in [2.45, 2.75) is 65.1 Å². The van der Waals surface area contributed by atoms with E-state index in [1.165, 1.54) is 0 Å². The quantitative estimate of drug-likeness (QED) is 0.600. The van der Waals surface area contributed by atoms with E-state index in [0.717, 1.165) is 0 Å². The molecule has 0 heterocycles. The van der Waals surface area contributed by atoms with Gasteiger partial charge < -0.3 is 25.2 Å². The van der Waals surface area contributed by atoms with Gasteiger partial charge in [0.25, 0.3) is 0 Å². The van der Waals surface area contributed by atoms with E-state index in [-0.39, 0.29) is 24.7 Å². The molecular formula is C14H30N2O4. The second-order valence-electron chi connectivity index (χ2n) is 6.75. The minimum atomic E-state index is -1.13. The van der Waals surface area contributed by atoms with Crippen molar-refractivity contribution in [3.05, 3.63) is 0 Å². The summed E-state index contributed by atoms with van der Waals surface area (Å²) in [6, 6.07) is -0.616. The maximum atomic E-state index is 11.7. The second-order valence-corrected chi connectivity index (χ2v) is 6.75. The fourth-order valence-electron chi connectivity index (χ4n) is 1.40. The average Bonchev–Trinajstić information content (AvgIpc) is 2.20. The van der Waals surface area contributed by atoms with Crippen LogP contribution in [0.2, 0.25) is 0 Å². The van der Waals surface area contributed by atoms with Crippen LogP contribution in [0.5, 0.6) is 0 Å². The molecule has 0 saturated carbocycles. The lowest BCUT2D eigenvalue weighted by Gasteiger charge is -2.32. The lowest BCUT2D eigenvalue weighted by atomic mass is 10.1. The Morgan fingerprint density at radius 1 is 1.15 bits per heavy atom. The van der Waals surface area contributed by atoms with Gasteiger partial charge in [0.2, 0.25) is 5.91 Å². The number of rotatable bonds is 7. The van der Waals surface area contributed by atoms with Gasteiger partial charge in [0.05, 0.1) is 24.4 Å². The number of aliphatic hydroxyl groups is 1.